The van der Waals surface area contributed by atoms with Crippen LogP contribution in [0.25, 0.3) is 0 Å². The number of anilines is 1. The number of hydrogen-bond donors (Lipinski definition) is 1. The highest BCUT2D eigenvalue weighted by atomic mass is 79.9. The van der Waals surface area contributed by atoms with E-state index >= 15 is 0 Å². The van der Waals surface area contributed by atoms with Crippen molar-refractivity contribution in [2.75, 3.05) is 19.4 Å². The molecule has 0 radical (unpaired) electrons. The lowest BCUT2D eigenvalue weighted by atomic mass is 10.2. The van der Waals surface area contributed by atoms with Crippen molar-refractivity contribution in [1.82, 2.24) is 4.31 Å². The molecule has 5 nitrogen and oxygen atoms in total. The Labute approximate surface area is 142 Å². The van der Waals surface area contributed by atoms with Crippen LogP contribution in [0.4, 0.5) is 10.1 Å². The molecule has 23 heavy (non-hydrogen) atoms. The maximum absolute atomic E-state index is 12.9. The Morgan fingerprint density at radius 3 is 2.30 bits per heavy atom. The number of rotatable bonds is 4. The van der Waals surface area contributed by atoms with Crippen molar-refractivity contribution in [3.05, 3.63) is 58.3 Å². The van der Waals surface area contributed by atoms with E-state index < -0.39 is 21.7 Å². The maximum Gasteiger partial charge on any atom is 0.255 e. The lowest BCUT2D eigenvalue weighted by Crippen LogP contribution is -2.23. The fourth-order valence-electron chi connectivity index (χ4n) is 1.78. The molecule has 0 fully saturated rings. The molecule has 1 N–H and O–H groups in total. The molecule has 0 spiro atoms. The zero-order chi connectivity index (χ0) is 17.2. The maximum atomic E-state index is 12.9. The lowest BCUT2D eigenvalue weighted by Gasteiger charge is -2.14. The molecule has 0 atom stereocenters. The van der Waals surface area contributed by atoms with Crippen LogP contribution in [-0.2, 0) is 10.0 Å². The van der Waals surface area contributed by atoms with E-state index in [0.717, 1.165) is 4.31 Å². The number of hydrogen-bond acceptors (Lipinski definition) is 3. The summed E-state index contributed by atoms with van der Waals surface area (Å²) in [4.78, 5) is 12.2. The van der Waals surface area contributed by atoms with Crippen LogP contribution in [0.1, 0.15) is 10.4 Å². The molecule has 2 aromatic rings. The highest BCUT2D eigenvalue weighted by Gasteiger charge is 2.22. The molecule has 0 aromatic heterocycles. The third-order valence-electron chi connectivity index (χ3n) is 3.05. The van der Waals surface area contributed by atoms with E-state index in [0.29, 0.717) is 10.2 Å². The van der Waals surface area contributed by atoms with Crippen LogP contribution in [0.2, 0.25) is 0 Å². The molecule has 1 amide bonds. The van der Waals surface area contributed by atoms with Crippen molar-refractivity contribution >= 4 is 37.5 Å². The first-order chi connectivity index (χ1) is 10.7. The largest absolute Gasteiger partial charge is 0.322 e. The Morgan fingerprint density at radius 1 is 1.13 bits per heavy atom. The van der Waals surface area contributed by atoms with Gasteiger partial charge in [-0.3, -0.25) is 4.79 Å². The van der Waals surface area contributed by atoms with E-state index in [1.54, 1.807) is 0 Å². The predicted octanol–water partition coefficient (Wildman–Crippen LogP) is 3.09. The molecule has 0 aliphatic heterocycles. The average molecular weight is 401 g/mol. The second-order valence-electron chi connectivity index (χ2n) is 4.89. The van der Waals surface area contributed by atoms with Gasteiger partial charge >= 0.3 is 0 Å². The molecule has 0 unspecified atom stereocenters. The van der Waals surface area contributed by atoms with Crippen LogP contribution in [-0.4, -0.2) is 32.7 Å². The van der Waals surface area contributed by atoms with Gasteiger partial charge in [-0.05, 0) is 58.4 Å². The minimum absolute atomic E-state index is 0.00532. The van der Waals surface area contributed by atoms with Crippen molar-refractivity contribution < 1.29 is 17.6 Å². The first-order valence-electron chi connectivity index (χ1n) is 6.51. The van der Waals surface area contributed by atoms with Crippen LogP contribution in [0, 0.1) is 5.82 Å². The van der Waals surface area contributed by atoms with E-state index in [2.05, 4.69) is 21.2 Å². The normalized spacial score (nSPS) is 11.5. The fraction of sp³-hybridized carbons (Fsp3) is 0.133. The highest BCUT2D eigenvalue weighted by molar-refractivity contribution is 9.10. The van der Waals surface area contributed by atoms with Gasteiger partial charge < -0.3 is 5.32 Å². The number of nitrogens with one attached hydrogen (secondary N) is 1. The number of halogens is 2. The molecule has 0 aliphatic rings. The fourth-order valence-corrected chi connectivity index (χ4v) is 3.62. The monoisotopic (exact) mass is 400 g/mol. The van der Waals surface area contributed by atoms with E-state index in [-0.39, 0.29) is 10.5 Å². The molecule has 8 heteroatoms. The van der Waals surface area contributed by atoms with Gasteiger partial charge in [-0.2, -0.15) is 0 Å². The van der Waals surface area contributed by atoms with Gasteiger partial charge in [0.1, 0.15) is 5.82 Å². The zero-order valence-electron chi connectivity index (χ0n) is 12.4. The second kappa shape index (κ2) is 6.77. The molecule has 122 valence electrons. The lowest BCUT2D eigenvalue weighted by molar-refractivity contribution is 0.102. The zero-order valence-corrected chi connectivity index (χ0v) is 14.8. The van der Waals surface area contributed by atoms with E-state index in [1.165, 1.54) is 56.6 Å². The summed E-state index contributed by atoms with van der Waals surface area (Å²) < 4.78 is 38.8. The SMILES string of the molecule is CN(C)S(=O)(=O)c1cc(C(=O)Nc2ccc(F)cc2)ccc1Br. The van der Waals surface area contributed by atoms with Gasteiger partial charge in [0.2, 0.25) is 10.0 Å². The topological polar surface area (TPSA) is 66.5 Å². The van der Waals surface area contributed by atoms with E-state index in [9.17, 15) is 17.6 Å². The molecule has 0 saturated carbocycles. The Bertz CT molecular complexity index is 836. The summed E-state index contributed by atoms with van der Waals surface area (Å²) in [5, 5.41) is 2.58. The van der Waals surface area contributed by atoms with Gasteiger partial charge in [-0.1, -0.05) is 0 Å². The molecule has 0 saturated heterocycles. The third kappa shape index (κ3) is 3.95. The minimum Gasteiger partial charge on any atom is -0.322 e. The van der Waals surface area contributed by atoms with Crippen molar-refractivity contribution in [2.45, 2.75) is 4.90 Å². The minimum atomic E-state index is -3.69. The summed E-state index contributed by atoms with van der Waals surface area (Å²) in [7, 11) is -0.866. The van der Waals surface area contributed by atoms with Crippen molar-refractivity contribution in [2.24, 2.45) is 0 Å². The summed E-state index contributed by atoms with van der Waals surface area (Å²) in [5.41, 5.74) is 0.592. The summed E-state index contributed by atoms with van der Waals surface area (Å²) in [6.45, 7) is 0. The summed E-state index contributed by atoms with van der Waals surface area (Å²) >= 11 is 3.18. The Morgan fingerprint density at radius 2 is 1.74 bits per heavy atom. The van der Waals surface area contributed by atoms with Crippen LogP contribution >= 0.6 is 15.9 Å². The van der Waals surface area contributed by atoms with Gasteiger partial charge in [0.15, 0.2) is 0 Å². The number of sulfonamides is 1. The van der Waals surface area contributed by atoms with Crippen LogP contribution in [0.5, 0.6) is 0 Å². The van der Waals surface area contributed by atoms with Gasteiger partial charge in [0.25, 0.3) is 5.91 Å². The standard InChI is InChI=1S/C15H14BrFN2O3S/c1-19(2)23(21,22)14-9-10(3-8-13(14)16)15(20)18-12-6-4-11(17)5-7-12/h3-9H,1-2H3,(H,18,20). The number of benzene rings is 2. The number of carbonyl (C=O) groups excluding carboxylic acids is 1. The van der Waals surface area contributed by atoms with Crippen molar-refractivity contribution in [1.29, 1.82) is 0 Å². The first kappa shape index (κ1) is 17.6. The van der Waals surface area contributed by atoms with Crippen LogP contribution < -0.4 is 5.32 Å². The summed E-state index contributed by atoms with van der Waals surface area (Å²) in [5.74, 6) is -0.898. The molecular weight excluding hydrogens is 387 g/mol. The van der Waals surface area contributed by atoms with Crippen LogP contribution in [0.3, 0.4) is 0 Å². The molecular formula is C15H14BrFN2O3S. The number of amides is 1. The van der Waals surface area contributed by atoms with Gasteiger partial charge in [0.05, 0.1) is 4.90 Å². The van der Waals surface area contributed by atoms with Crippen molar-refractivity contribution in [3.8, 4) is 0 Å². The quantitative estimate of drug-likeness (QED) is 0.857. The Hall–Kier alpha value is -1.77. The number of nitrogens with zero attached hydrogens (tertiary/aromatic N) is 1. The first-order valence-corrected chi connectivity index (χ1v) is 8.74. The van der Waals surface area contributed by atoms with Gasteiger partial charge in [0, 0.05) is 29.8 Å². The highest BCUT2D eigenvalue weighted by Crippen LogP contribution is 2.25. The summed E-state index contributed by atoms with van der Waals surface area (Å²) in [6, 6.07) is 9.57. The third-order valence-corrected chi connectivity index (χ3v) is 5.86. The Kier molecular flexibility index (Phi) is 5.18. The smallest absolute Gasteiger partial charge is 0.255 e. The average Bonchev–Trinajstić information content (AvgIpc) is 2.49. The van der Waals surface area contributed by atoms with Gasteiger partial charge in [-0.15, -0.1) is 0 Å². The molecule has 2 rings (SSSR count). The molecule has 0 heterocycles. The van der Waals surface area contributed by atoms with Crippen LogP contribution in [0.15, 0.2) is 51.8 Å². The van der Waals surface area contributed by atoms with Crippen molar-refractivity contribution in [3.63, 3.8) is 0 Å². The van der Waals surface area contributed by atoms with E-state index in [1.807, 2.05) is 0 Å². The molecule has 0 bridgehead atoms. The Balaban J connectivity index is 2.33. The second-order valence-corrected chi connectivity index (χ2v) is 7.87. The molecule has 0 aliphatic carbocycles. The number of carbonyl (C=O) groups is 1. The van der Waals surface area contributed by atoms with Gasteiger partial charge in [-0.25, -0.2) is 17.1 Å². The van der Waals surface area contributed by atoms with E-state index in [4.69, 9.17) is 0 Å². The predicted molar refractivity (Wildman–Crippen MR) is 89.4 cm³/mol. The molecule has 2 aromatic carbocycles. The summed E-state index contributed by atoms with van der Waals surface area (Å²) in [6.07, 6.45) is 0.